The van der Waals surface area contributed by atoms with Crippen LogP contribution in [0.5, 0.6) is 0 Å². The molecule has 0 spiro atoms. The van der Waals surface area contributed by atoms with E-state index in [1.807, 2.05) is 96.1 Å². The summed E-state index contributed by atoms with van der Waals surface area (Å²) in [6.45, 7) is 12.0. The van der Waals surface area contributed by atoms with Gasteiger partial charge in [0, 0.05) is 10.5 Å². The van der Waals surface area contributed by atoms with Gasteiger partial charge in [-0.05, 0) is 29.5 Å². The molecule has 3 rings (SSSR count). The first-order valence-electron chi connectivity index (χ1n) is 10.6. The SMILES string of the molecule is C.CC.CC.CC.CS(=O)[O-].O=Cc1ccccc1.O=S([O-])c1ccccc1.c1ccccc1. The minimum Gasteiger partial charge on any atom is -0.773 e. The van der Waals surface area contributed by atoms with E-state index in [1.165, 1.54) is 0 Å². The molecular formula is C27H42O5S2-2. The zero-order chi connectivity index (χ0) is 26.3. The first-order valence-corrected chi connectivity index (χ1v) is 13.2. The van der Waals surface area contributed by atoms with Gasteiger partial charge in [-0.25, -0.2) is 0 Å². The van der Waals surface area contributed by atoms with Gasteiger partial charge in [-0.1, -0.05) is 145 Å². The second kappa shape index (κ2) is 37.8. The van der Waals surface area contributed by atoms with Crippen LogP contribution in [0.1, 0.15) is 59.3 Å². The van der Waals surface area contributed by atoms with Crippen molar-refractivity contribution in [2.45, 2.75) is 53.9 Å². The number of carbonyl (C=O) groups excluding carboxylic acids is 1. The number of carbonyl (C=O) groups is 1. The minimum atomic E-state index is -2.08. The van der Waals surface area contributed by atoms with E-state index in [9.17, 15) is 13.6 Å². The van der Waals surface area contributed by atoms with Crippen LogP contribution in [0.15, 0.2) is 102 Å². The van der Waals surface area contributed by atoms with Crippen LogP contribution in [-0.4, -0.2) is 30.1 Å². The Bertz CT molecular complexity index is 738. The third-order valence-electron chi connectivity index (χ3n) is 2.54. The van der Waals surface area contributed by atoms with Crippen LogP contribution >= 0.6 is 0 Å². The Labute approximate surface area is 213 Å². The average Bonchev–Trinajstić information content (AvgIpc) is 2.90. The summed E-state index contributed by atoms with van der Waals surface area (Å²) in [5, 5.41) is 0. The van der Waals surface area contributed by atoms with Crippen molar-refractivity contribution in [2.75, 3.05) is 6.26 Å². The predicted octanol–water partition coefficient (Wildman–Crippen LogP) is 7.32. The molecule has 0 N–H and O–H groups in total. The van der Waals surface area contributed by atoms with E-state index in [0.717, 1.165) is 18.1 Å². The highest BCUT2D eigenvalue weighted by atomic mass is 32.2. The van der Waals surface area contributed by atoms with Crippen molar-refractivity contribution >= 4 is 28.4 Å². The van der Waals surface area contributed by atoms with Crippen molar-refractivity contribution in [2.24, 2.45) is 0 Å². The van der Waals surface area contributed by atoms with E-state index >= 15 is 0 Å². The fraction of sp³-hybridized carbons (Fsp3) is 0.296. The Kier molecular flexibility index (Phi) is 46.5. The molecule has 0 aliphatic carbocycles. The molecule has 0 saturated heterocycles. The molecule has 0 bridgehead atoms. The molecule has 0 fully saturated rings. The summed E-state index contributed by atoms with van der Waals surface area (Å²) in [4.78, 5) is 10.3. The Morgan fingerprint density at radius 1 is 0.588 bits per heavy atom. The van der Waals surface area contributed by atoms with Crippen LogP contribution in [0.4, 0.5) is 0 Å². The van der Waals surface area contributed by atoms with Crippen molar-refractivity contribution in [3.05, 3.63) is 103 Å². The lowest BCUT2D eigenvalue weighted by atomic mass is 10.2. The molecule has 0 radical (unpaired) electrons. The highest BCUT2D eigenvalue weighted by Crippen LogP contribution is 2.00. The molecule has 2 atom stereocenters. The molecule has 194 valence electrons. The largest absolute Gasteiger partial charge is 0.773 e. The maximum atomic E-state index is 10.2. The third kappa shape index (κ3) is 36.9. The Balaban J connectivity index is -0.000000104. The summed E-state index contributed by atoms with van der Waals surface area (Å²) >= 11 is -3.94. The van der Waals surface area contributed by atoms with Crippen LogP contribution in [0, 0.1) is 0 Å². The molecule has 5 nitrogen and oxygen atoms in total. The number of hydrogen-bond donors (Lipinski definition) is 0. The standard InChI is InChI=1S/C7H6O.C6H6O2S.C6H6.3C2H6.CH4O2S.CH4/c8-6-7-4-2-1-3-5-7;7-9(8)6-4-2-1-3-5-6;1-2-4-6-5-3-1;3*1-2;1-4(2)3;/h1-6H;1-5H,(H,7,8);1-6H;3*1-2H3;1H3,(H,2,3);1H4/p-2. The first kappa shape index (κ1) is 41.8. The zero-order valence-corrected chi connectivity index (χ0v) is 22.3. The normalized spacial score (nSPS) is 9.21. The summed E-state index contributed by atoms with van der Waals surface area (Å²) in [5.74, 6) is 0. The van der Waals surface area contributed by atoms with E-state index in [1.54, 1.807) is 42.5 Å². The van der Waals surface area contributed by atoms with Crippen LogP contribution in [0.2, 0.25) is 0 Å². The lowest BCUT2D eigenvalue weighted by Gasteiger charge is -2.01. The minimum absolute atomic E-state index is 0. The van der Waals surface area contributed by atoms with E-state index in [-0.39, 0.29) is 7.43 Å². The molecule has 0 amide bonds. The third-order valence-corrected chi connectivity index (χ3v) is 3.20. The quantitative estimate of drug-likeness (QED) is 0.266. The smallest absolute Gasteiger partial charge is 0.150 e. The lowest BCUT2D eigenvalue weighted by Crippen LogP contribution is -1.85. The molecule has 0 saturated carbocycles. The van der Waals surface area contributed by atoms with E-state index in [0.29, 0.717) is 4.90 Å². The van der Waals surface area contributed by atoms with Crippen molar-refractivity contribution in [3.8, 4) is 0 Å². The maximum Gasteiger partial charge on any atom is 0.150 e. The molecule has 0 heterocycles. The Hall–Kier alpha value is -2.45. The summed E-state index contributed by atoms with van der Waals surface area (Å²) in [5.41, 5.74) is 0.729. The van der Waals surface area contributed by atoms with Gasteiger partial charge in [0.15, 0.2) is 0 Å². The Morgan fingerprint density at radius 3 is 1.00 bits per heavy atom. The number of benzene rings is 3. The fourth-order valence-corrected chi connectivity index (χ4v) is 1.83. The highest BCUT2D eigenvalue weighted by molar-refractivity contribution is 7.79. The van der Waals surface area contributed by atoms with E-state index < -0.39 is 22.2 Å². The van der Waals surface area contributed by atoms with Crippen molar-refractivity contribution in [1.82, 2.24) is 0 Å². The molecule has 0 aliphatic rings. The van der Waals surface area contributed by atoms with Gasteiger partial charge in [0.25, 0.3) is 0 Å². The monoisotopic (exact) mass is 510 g/mol. The van der Waals surface area contributed by atoms with Crippen LogP contribution in [-0.2, 0) is 22.2 Å². The van der Waals surface area contributed by atoms with Crippen molar-refractivity contribution in [3.63, 3.8) is 0 Å². The Morgan fingerprint density at radius 2 is 0.824 bits per heavy atom. The van der Waals surface area contributed by atoms with Gasteiger partial charge in [-0.2, -0.15) is 0 Å². The van der Waals surface area contributed by atoms with Crippen molar-refractivity contribution < 1.29 is 22.3 Å². The number of hydrogen-bond acceptors (Lipinski definition) is 5. The van der Waals surface area contributed by atoms with Crippen LogP contribution in [0.3, 0.4) is 0 Å². The molecule has 0 aromatic heterocycles. The molecule has 2 unspecified atom stereocenters. The molecule has 3 aromatic carbocycles. The molecule has 0 aliphatic heterocycles. The van der Waals surface area contributed by atoms with Crippen LogP contribution in [0.25, 0.3) is 0 Å². The van der Waals surface area contributed by atoms with Gasteiger partial charge in [0.1, 0.15) is 6.29 Å². The summed E-state index contributed by atoms with van der Waals surface area (Å²) in [7, 11) is 0. The summed E-state index contributed by atoms with van der Waals surface area (Å²) in [6, 6.07) is 29.3. The van der Waals surface area contributed by atoms with Gasteiger partial charge >= 0.3 is 0 Å². The zero-order valence-electron chi connectivity index (χ0n) is 20.7. The second-order valence-corrected chi connectivity index (χ2v) is 6.38. The highest BCUT2D eigenvalue weighted by Gasteiger charge is 1.84. The molecule has 34 heavy (non-hydrogen) atoms. The molecular weight excluding hydrogens is 468 g/mol. The van der Waals surface area contributed by atoms with Crippen molar-refractivity contribution in [1.29, 1.82) is 0 Å². The fourth-order valence-electron chi connectivity index (χ4n) is 1.45. The lowest BCUT2D eigenvalue weighted by molar-refractivity contribution is 0.112. The maximum absolute atomic E-state index is 10.2. The summed E-state index contributed by atoms with van der Waals surface area (Å²) in [6.07, 6.45) is 1.92. The molecule has 7 heteroatoms. The van der Waals surface area contributed by atoms with Gasteiger partial charge < -0.3 is 9.11 Å². The van der Waals surface area contributed by atoms with Gasteiger partial charge in [0.2, 0.25) is 0 Å². The van der Waals surface area contributed by atoms with Gasteiger partial charge in [0.05, 0.1) is 0 Å². The van der Waals surface area contributed by atoms with Gasteiger partial charge in [-0.3, -0.25) is 13.2 Å². The van der Waals surface area contributed by atoms with Crippen LogP contribution < -0.4 is 0 Å². The first-order chi connectivity index (χ1) is 16.0. The number of aldehydes is 1. The predicted molar refractivity (Wildman–Crippen MR) is 148 cm³/mol. The molecule has 3 aromatic rings. The average molecular weight is 511 g/mol. The van der Waals surface area contributed by atoms with E-state index in [4.69, 9.17) is 8.76 Å². The van der Waals surface area contributed by atoms with E-state index in [2.05, 4.69) is 0 Å². The second-order valence-electron chi connectivity index (χ2n) is 4.63. The number of rotatable bonds is 2. The topological polar surface area (TPSA) is 97.3 Å². The summed E-state index contributed by atoms with van der Waals surface area (Å²) < 4.78 is 38.4. The van der Waals surface area contributed by atoms with Gasteiger partial charge in [-0.15, -0.1) is 0 Å².